The Morgan fingerprint density at radius 1 is 0.260 bits per heavy atom. The van der Waals surface area contributed by atoms with E-state index in [1.807, 2.05) is 72.8 Å². The zero-order valence-corrected chi connectivity index (χ0v) is 39.2. The molecule has 0 N–H and O–H groups in total. The number of hydrogen-bond donors (Lipinski definition) is 0. The molecule has 0 saturated carbocycles. The maximum absolute atomic E-state index is 6.60. The van der Waals surface area contributed by atoms with Crippen molar-refractivity contribution in [3.8, 4) is 78.9 Å². The quantitative estimate of drug-likeness (QED) is 0.167. The van der Waals surface area contributed by atoms with E-state index in [9.17, 15) is 0 Å². The normalized spacial score (nSPS) is 12.1. The molecule has 1 aliphatic carbocycles. The van der Waals surface area contributed by atoms with Crippen LogP contribution in [0.2, 0.25) is 0 Å². The second-order valence-electron chi connectivity index (χ2n) is 19.1. The molecule has 0 fully saturated rings. The topological polar surface area (TPSA) is 61.7 Å². The minimum atomic E-state index is 0.601. The summed E-state index contributed by atoms with van der Waals surface area (Å²) >= 11 is 0. The average Bonchev–Trinajstić information content (AvgIpc) is 4.20. The number of furan rings is 1. The van der Waals surface area contributed by atoms with E-state index in [1.54, 1.807) is 0 Å². The van der Waals surface area contributed by atoms with Gasteiger partial charge in [0.05, 0.1) is 22.1 Å². The third kappa shape index (κ3) is 5.95. The molecule has 0 amide bonds. The van der Waals surface area contributed by atoms with E-state index in [-0.39, 0.29) is 0 Å². The van der Waals surface area contributed by atoms with Crippen molar-refractivity contribution in [1.29, 1.82) is 0 Å². The molecule has 6 nitrogen and oxygen atoms in total. The Balaban J connectivity index is 0.908. The maximum Gasteiger partial charge on any atom is 0.164 e. The lowest BCUT2D eigenvalue weighted by Gasteiger charge is -2.11. The van der Waals surface area contributed by atoms with E-state index in [0.29, 0.717) is 17.5 Å². The summed E-state index contributed by atoms with van der Waals surface area (Å²) in [4.78, 5) is 15.1. The second kappa shape index (κ2) is 15.3. The van der Waals surface area contributed by atoms with Gasteiger partial charge in [-0.15, -0.1) is 0 Å². The first-order valence-electron chi connectivity index (χ1n) is 24.8. The second-order valence-corrected chi connectivity index (χ2v) is 19.1. The van der Waals surface area contributed by atoms with Crippen molar-refractivity contribution in [2.75, 3.05) is 0 Å². The van der Waals surface area contributed by atoms with Crippen LogP contribution in [0.5, 0.6) is 0 Å². The van der Waals surface area contributed by atoms with Crippen molar-refractivity contribution in [3.63, 3.8) is 0 Å². The first-order chi connectivity index (χ1) is 36.2. The highest BCUT2D eigenvalue weighted by Crippen LogP contribution is 2.52. The van der Waals surface area contributed by atoms with Gasteiger partial charge in [-0.1, -0.05) is 152 Å². The van der Waals surface area contributed by atoms with E-state index in [0.717, 1.165) is 61.0 Å². The molecule has 0 unspecified atom stereocenters. The lowest BCUT2D eigenvalue weighted by molar-refractivity contribution is 0.669. The van der Waals surface area contributed by atoms with Crippen LogP contribution in [0.1, 0.15) is 0 Å². The van der Waals surface area contributed by atoms with Gasteiger partial charge in [-0.05, 0) is 129 Å². The van der Waals surface area contributed by atoms with Crippen LogP contribution in [0.4, 0.5) is 0 Å². The van der Waals surface area contributed by atoms with Crippen molar-refractivity contribution in [2.24, 2.45) is 0 Å². The Kier molecular flexibility index (Phi) is 8.36. The number of benzene rings is 11. The molecule has 6 heteroatoms. The highest BCUT2D eigenvalue weighted by Gasteiger charge is 2.26. The smallest absolute Gasteiger partial charge is 0.164 e. The molecular weight excluding hydrogens is 891 g/mol. The summed E-state index contributed by atoms with van der Waals surface area (Å²) in [5.41, 5.74) is 18.7. The van der Waals surface area contributed by atoms with E-state index in [4.69, 9.17) is 19.4 Å². The molecule has 0 atom stereocenters. The first kappa shape index (κ1) is 39.9. The highest BCUT2D eigenvalue weighted by molar-refractivity contribution is 6.29. The predicted molar refractivity (Wildman–Crippen MR) is 299 cm³/mol. The largest absolute Gasteiger partial charge is 0.456 e. The lowest BCUT2D eigenvalue weighted by Crippen LogP contribution is -2.00. The van der Waals surface area contributed by atoms with E-state index < -0.39 is 0 Å². The molecule has 4 heterocycles. The van der Waals surface area contributed by atoms with Crippen LogP contribution in [-0.4, -0.2) is 24.1 Å². The van der Waals surface area contributed by atoms with Gasteiger partial charge < -0.3 is 13.6 Å². The number of para-hydroxylation sites is 2. The Morgan fingerprint density at radius 3 is 1.49 bits per heavy atom. The minimum Gasteiger partial charge on any atom is -0.456 e. The van der Waals surface area contributed by atoms with E-state index >= 15 is 0 Å². The van der Waals surface area contributed by atoms with Gasteiger partial charge in [0, 0.05) is 60.4 Å². The fraction of sp³-hybridized carbons (Fsp3) is 0. The van der Waals surface area contributed by atoms with Crippen LogP contribution >= 0.6 is 0 Å². The molecule has 16 rings (SSSR count). The number of rotatable bonds is 6. The molecule has 4 aromatic heterocycles. The summed E-state index contributed by atoms with van der Waals surface area (Å²) in [6.07, 6.45) is 0. The molecule has 15 aromatic rings. The average molecular weight is 930 g/mol. The Bertz CT molecular complexity index is 4720. The van der Waals surface area contributed by atoms with Crippen molar-refractivity contribution in [3.05, 3.63) is 237 Å². The van der Waals surface area contributed by atoms with Crippen LogP contribution < -0.4 is 0 Å². The van der Waals surface area contributed by atoms with Crippen molar-refractivity contribution in [1.82, 2.24) is 24.1 Å². The molecule has 0 spiro atoms. The Morgan fingerprint density at radius 2 is 0.767 bits per heavy atom. The van der Waals surface area contributed by atoms with Crippen LogP contribution in [0, 0.1) is 0 Å². The van der Waals surface area contributed by atoms with Crippen LogP contribution in [0.25, 0.3) is 155 Å². The summed E-state index contributed by atoms with van der Waals surface area (Å²) in [7, 11) is 0. The zero-order valence-electron chi connectivity index (χ0n) is 39.2. The summed E-state index contributed by atoms with van der Waals surface area (Å²) < 4.78 is 11.4. The number of aromatic nitrogens is 5. The van der Waals surface area contributed by atoms with Crippen LogP contribution in [0.15, 0.2) is 241 Å². The van der Waals surface area contributed by atoms with Crippen molar-refractivity contribution >= 4 is 76.3 Å². The molecular formula is C67H39N5O. The van der Waals surface area contributed by atoms with Crippen LogP contribution in [-0.2, 0) is 0 Å². The molecule has 0 bridgehead atoms. The van der Waals surface area contributed by atoms with Gasteiger partial charge >= 0.3 is 0 Å². The number of nitrogens with zero attached hydrogens (tertiary/aromatic N) is 5. The van der Waals surface area contributed by atoms with Crippen molar-refractivity contribution in [2.45, 2.75) is 0 Å². The first-order valence-corrected chi connectivity index (χ1v) is 24.8. The predicted octanol–water partition coefficient (Wildman–Crippen LogP) is 17.4. The van der Waals surface area contributed by atoms with E-state index in [1.165, 1.54) is 76.7 Å². The molecule has 73 heavy (non-hydrogen) atoms. The molecule has 1 aliphatic rings. The molecule has 11 aromatic carbocycles. The van der Waals surface area contributed by atoms with Gasteiger partial charge in [0.15, 0.2) is 17.5 Å². The number of fused-ring (bicyclic) bond motifs is 13. The summed E-state index contributed by atoms with van der Waals surface area (Å²) in [5, 5.41) is 9.49. The molecule has 338 valence electrons. The summed E-state index contributed by atoms with van der Waals surface area (Å²) in [5.74, 6) is 1.85. The molecule has 0 radical (unpaired) electrons. The summed E-state index contributed by atoms with van der Waals surface area (Å²) in [6.45, 7) is 0. The van der Waals surface area contributed by atoms with Crippen molar-refractivity contribution < 1.29 is 4.42 Å². The lowest BCUT2D eigenvalue weighted by atomic mass is 9.96. The fourth-order valence-corrected chi connectivity index (χ4v) is 11.8. The van der Waals surface area contributed by atoms with Gasteiger partial charge in [0.2, 0.25) is 0 Å². The number of hydrogen-bond acceptors (Lipinski definition) is 4. The van der Waals surface area contributed by atoms with Gasteiger partial charge in [-0.2, -0.15) is 0 Å². The zero-order chi connectivity index (χ0) is 47.7. The Hall–Kier alpha value is -9.91. The SMILES string of the molecule is c1ccc(-c2nc(-c3ccccc3)nc(-c3ccc4oc5ccc(-n6c7ccc(-c8ccc9c(c8)c8ccccc8n9-c8ccccc8)cc7c7c8cccc9c8c(cc76)-c6ccccc6-9)cc5c4c3)n2)cc1. The monoisotopic (exact) mass is 929 g/mol. The van der Waals surface area contributed by atoms with Gasteiger partial charge in [0.1, 0.15) is 11.2 Å². The third-order valence-electron chi connectivity index (χ3n) is 15.1. The maximum atomic E-state index is 6.60. The molecule has 0 aliphatic heterocycles. The van der Waals surface area contributed by atoms with E-state index in [2.05, 4.69) is 173 Å². The Labute approximate surface area is 418 Å². The minimum absolute atomic E-state index is 0.601. The third-order valence-corrected chi connectivity index (χ3v) is 15.1. The standard InChI is InChI=1S/C67H39N5O/c1-4-15-40(16-5-1)65-68-66(41-17-6-2-7-18-41)70-67(69-65)44-29-33-61-53(37-44)54-38-46(30-34-62(54)73-61)72-59-32-28-43(42-27-31-58-52(35-42)49-23-12-13-26-57(49)71(58)45-19-8-3-9-20-45)36-56(59)64-51-25-14-24-50-47-21-10-11-22-48(47)55(63(50)51)39-60(64)72/h1-39H. The van der Waals surface area contributed by atoms with Gasteiger partial charge in [-0.3, -0.25) is 0 Å². The highest BCUT2D eigenvalue weighted by atomic mass is 16.3. The fourth-order valence-electron chi connectivity index (χ4n) is 11.8. The molecule has 0 saturated heterocycles. The van der Waals surface area contributed by atoms with Gasteiger partial charge in [0.25, 0.3) is 0 Å². The van der Waals surface area contributed by atoms with Crippen LogP contribution in [0.3, 0.4) is 0 Å². The summed E-state index contributed by atoms with van der Waals surface area (Å²) in [6, 6.07) is 84.6. The van der Waals surface area contributed by atoms with Gasteiger partial charge in [-0.25, -0.2) is 15.0 Å².